The first-order valence-electron chi connectivity index (χ1n) is 6.03. The Bertz CT molecular complexity index is 398. The van der Waals surface area contributed by atoms with Gasteiger partial charge in [-0.15, -0.1) is 6.58 Å². The molecule has 1 aliphatic heterocycles. The van der Waals surface area contributed by atoms with Crippen molar-refractivity contribution in [3.63, 3.8) is 0 Å². The first kappa shape index (κ1) is 16.4. The van der Waals surface area contributed by atoms with Gasteiger partial charge in [0.25, 0.3) is 0 Å². The molecule has 0 radical (unpaired) electrons. The number of nitrogens with one attached hydrogen (secondary N) is 1. The van der Waals surface area contributed by atoms with Gasteiger partial charge in [-0.3, -0.25) is 4.79 Å². The monoisotopic (exact) mass is 286 g/mol. The second kappa shape index (κ2) is 7.83. The lowest BCUT2D eigenvalue weighted by atomic mass is 9.96. The van der Waals surface area contributed by atoms with Gasteiger partial charge in [0.2, 0.25) is 5.91 Å². The van der Waals surface area contributed by atoms with Crippen LogP contribution >= 0.6 is 0 Å². The molecule has 0 aromatic heterocycles. The van der Waals surface area contributed by atoms with Crippen molar-refractivity contribution >= 4 is 5.91 Å². The van der Waals surface area contributed by atoms with Crippen molar-refractivity contribution in [2.45, 2.75) is 37.6 Å². The maximum Gasteiger partial charge on any atom is 0.217 e. The van der Waals surface area contributed by atoms with Crippen LogP contribution in [0.5, 0.6) is 0 Å². The predicted molar refractivity (Wildman–Crippen MR) is 68.4 cm³/mol. The number of amides is 1. The Labute approximate surface area is 115 Å². The zero-order valence-electron chi connectivity index (χ0n) is 11.0. The molecule has 1 saturated heterocycles. The van der Waals surface area contributed by atoms with Crippen molar-refractivity contribution in [1.82, 2.24) is 5.32 Å². The molecule has 0 aromatic carbocycles. The van der Waals surface area contributed by atoms with E-state index in [2.05, 4.69) is 21.9 Å². The second-order valence-corrected chi connectivity index (χ2v) is 4.29. The molecule has 1 amide bonds. The molecular formula is C11H18N4O5. The summed E-state index contributed by atoms with van der Waals surface area (Å²) in [6, 6.07) is -0.926. The molecule has 0 aliphatic carbocycles. The van der Waals surface area contributed by atoms with Crippen LogP contribution in [0, 0.1) is 0 Å². The van der Waals surface area contributed by atoms with Crippen LogP contribution in [0.15, 0.2) is 17.8 Å². The summed E-state index contributed by atoms with van der Waals surface area (Å²) in [7, 11) is 0. The van der Waals surface area contributed by atoms with Gasteiger partial charge in [-0.25, -0.2) is 0 Å². The number of hydrogen-bond donors (Lipinski definition) is 3. The van der Waals surface area contributed by atoms with Gasteiger partial charge >= 0.3 is 0 Å². The van der Waals surface area contributed by atoms with E-state index in [1.54, 1.807) is 0 Å². The van der Waals surface area contributed by atoms with Crippen molar-refractivity contribution in [3.05, 3.63) is 23.1 Å². The third kappa shape index (κ3) is 4.19. The van der Waals surface area contributed by atoms with E-state index in [4.69, 9.17) is 15.0 Å². The number of nitrogens with zero attached hydrogens (tertiary/aromatic N) is 3. The minimum absolute atomic E-state index is 0.137. The van der Waals surface area contributed by atoms with E-state index in [-0.39, 0.29) is 13.2 Å². The van der Waals surface area contributed by atoms with Crippen LogP contribution in [0.4, 0.5) is 0 Å². The lowest BCUT2D eigenvalue weighted by Gasteiger charge is -2.42. The van der Waals surface area contributed by atoms with E-state index < -0.39 is 36.6 Å². The van der Waals surface area contributed by atoms with Gasteiger partial charge in [0.1, 0.15) is 18.2 Å². The minimum atomic E-state index is -1.30. The smallest absolute Gasteiger partial charge is 0.217 e. The van der Waals surface area contributed by atoms with E-state index in [0.29, 0.717) is 0 Å². The lowest BCUT2D eigenvalue weighted by molar-refractivity contribution is -0.258. The van der Waals surface area contributed by atoms with Crippen LogP contribution in [0.25, 0.3) is 10.4 Å². The minimum Gasteiger partial charge on any atom is -0.388 e. The normalized spacial score (nSPS) is 33.0. The van der Waals surface area contributed by atoms with Crippen molar-refractivity contribution in [2.75, 3.05) is 13.2 Å². The Morgan fingerprint density at radius 3 is 2.85 bits per heavy atom. The summed E-state index contributed by atoms with van der Waals surface area (Å²) in [5.74, 6) is -0.398. The van der Waals surface area contributed by atoms with Crippen molar-refractivity contribution in [1.29, 1.82) is 0 Å². The summed E-state index contributed by atoms with van der Waals surface area (Å²) < 4.78 is 10.7. The average molecular weight is 286 g/mol. The number of ether oxygens (including phenoxy) is 2. The molecule has 0 unspecified atom stereocenters. The van der Waals surface area contributed by atoms with E-state index >= 15 is 0 Å². The van der Waals surface area contributed by atoms with Crippen molar-refractivity contribution in [3.8, 4) is 0 Å². The Morgan fingerprint density at radius 2 is 2.30 bits per heavy atom. The molecule has 9 heteroatoms. The molecule has 0 bridgehead atoms. The van der Waals surface area contributed by atoms with Crippen LogP contribution in [0.3, 0.4) is 0 Å². The van der Waals surface area contributed by atoms with Gasteiger partial charge in [0.15, 0.2) is 6.29 Å². The maximum absolute atomic E-state index is 11.1. The molecule has 1 heterocycles. The Balaban J connectivity index is 2.84. The Morgan fingerprint density at radius 1 is 1.60 bits per heavy atom. The fourth-order valence-electron chi connectivity index (χ4n) is 1.89. The summed E-state index contributed by atoms with van der Waals surface area (Å²) in [6.07, 6.45) is -3.02. The molecule has 0 spiro atoms. The largest absolute Gasteiger partial charge is 0.388 e. The highest BCUT2D eigenvalue weighted by molar-refractivity contribution is 5.73. The summed E-state index contributed by atoms with van der Waals surface area (Å²) in [6.45, 7) is 4.74. The average Bonchev–Trinajstić information content (AvgIpc) is 2.41. The number of azide groups is 1. The topological polar surface area (TPSA) is 137 Å². The third-order valence-electron chi connectivity index (χ3n) is 2.77. The molecule has 5 atom stereocenters. The quantitative estimate of drug-likeness (QED) is 0.260. The third-order valence-corrected chi connectivity index (χ3v) is 2.77. The van der Waals surface area contributed by atoms with Gasteiger partial charge < -0.3 is 25.0 Å². The van der Waals surface area contributed by atoms with Gasteiger partial charge in [-0.1, -0.05) is 11.2 Å². The second-order valence-electron chi connectivity index (χ2n) is 4.29. The number of rotatable bonds is 6. The lowest BCUT2D eigenvalue weighted by Crippen LogP contribution is -2.64. The molecule has 20 heavy (non-hydrogen) atoms. The van der Waals surface area contributed by atoms with Crippen molar-refractivity contribution < 1.29 is 24.5 Å². The fourth-order valence-corrected chi connectivity index (χ4v) is 1.89. The highest BCUT2D eigenvalue weighted by Crippen LogP contribution is 2.22. The molecule has 1 rings (SSSR count). The maximum atomic E-state index is 11.1. The number of carbonyl (C=O) groups is 1. The molecule has 0 aromatic rings. The zero-order valence-corrected chi connectivity index (χ0v) is 11.0. The summed E-state index contributed by atoms with van der Waals surface area (Å²) >= 11 is 0. The Hall–Kier alpha value is -1.64. The van der Waals surface area contributed by atoms with Crippen LogP contribution in [-0.4, -0.2) is 59.9 Å². The number of hydrogen-bond acceptors (Lipinski definition) is 6. The Kier molecular flexibility index (Phi) is 6.43. The summed E-state index contributed by atoms with van der Waals surface area (Å²) in [4.78, 5) is 13.7. The molecule has 1 fully saturated rings. The van der Waals surface area contributed by atoms with E-state index in [0.717, 1.165) is 0 Å². The van der Waals surface area contributed by atoms with Crippen molar-refractivity contribution in [2.24, 2.45) is 5.11 Å². The van der Waals surface area contributed by atoms with Crippen LogP contribution in [-0.2, 0) is 14.3 Å². The molecule has 112 valence electrons. The number of carbonyl (C=O) groups excluding carboxylic acids is 1. The first-order chi connectivity index (χ1) is 9.51. The van der Waals surface area contributed by atoms with Crippen LogP contribution in [0.1, 0.15) is 6.92 Å². The predicted octanol–water partition coefficient (Wildman–Crippen LogP) is -0.549. The number of aliphatic hydroxyl groups excluding tert-OH is 2. The summed E-state index contributed by atoms with van der Waals surface area (Å²) in [5, 5.41) is 25.7. The molecule has 1 aliphatic rings. The molecular weight excluding hydrogens is 268 g/mol. The fraction of sp³-hybridized carbons (Fsp3) is 0.727. The SMILES string of the molecule is C=CCO[C@H]1O[C@H](CN=[N+]=[N-])[C@@H](O)[C@H](O)[C@@H]1NC(C)=O. The van der Waals surface area contributed by atoms with E-state index in [1.807, 2.05) is 0 Å². The first-order valence-corrected chi connectivity index (χ1v) is 6.03. The number of aliphatic hydroxyl groups is 2. The van der Waals surface area contributed by atoms with Gasteiger partial charge in [-0.05, 0) is 5.53 Å². The highest BCUT2D eigenvalue weighted by atomic mass is 16.7. The zero-order chi connectivity index (χ0) is 15.1. The van der Waals surface area contributed by atoms with Gasteiger partial charge in [0, 0.05) is 11.8 Å². The molecule has 3 N–H and O–H groups in total. The van der Waals surface area contributed by atoms with E-state index in [9.17, 15) is 15.0 Å². The van der Waals surface area contributed by atoms with Gasteiger partial charge in [-0.2, -0.15) is 0 Å². The van der Waals surface area contributed by atoms with Gasteiger partial charge in [0.05, 0.1) is 19.3 Å². The standard InChI is InChI=1S/C11H18N4O5/c1-3-4-19-11-8(14-6(2)16)10(18)9(17)7(20-11)5-13-15-12/h3,7-11,17-18H,1,4-5H2,2H3,(H,14,16)/t7-,8+,9-,10-,11+/m1/s1. The highest BCUT2D eigenvalue weighted by Gasteiger charge is 2.45. The van der Waals surface area contributed by atoms with E-state index in [1.165, 1.54) is 13.0 Å². The molecule has 9 nitrogen and oxygen atoms in total. The van der Waals surface area contributed by atoms with Crippen LogP contribution < -0.4 is 5.32 Å². The molecule has 0 saturated carbocycles. The summed E-state index contributed by atoms with van der Waals surface area (Å²) in [5.41, 5.74) is 8.28. The van der Waals surface area contributed by atoms with Crippen LogP contribution in [0.2, 0.25) is 0 Å².